The lowest BCUT2D eigenvalue weighted by Crippen LogP contribution is -2.22. The molecule has 1 N–H and O–H groups in total. The van der Waals surface area contributed by atoms with E-state index in [4.69, 9.17) is 14.5 Å². The van der Waals surface area contributed by atoms with Crippen molar-refractivity contribution >= 4 is 16.6 Å². The molecule has 2 saturated heterocycles. The number of fused-ring (bicyclic) bond motifs is 1. The van der Waals surface area contributed by atoms with Gasteiger partial charge in [-0.1, -0.05) is 0 Å². The van der Waals surface area contributed by atoms with E-state index in [0.717, 1.165) is 54.6 Å². The Kier molecular flexibility index (Phi) is 5.11. The van der Waals surface area contributed by atoms with E-state index in [1.165, 1.54) is 17.7 Å². The molecule has 5 nitrogen and oxygen atoms in total. The van der Waals surface area contributed by atoms with Crippen LogP contribution in [-0.4, -0.2) is 42.2 Å². The Morgan fingerprint density at radius 2 is 2.12 bits per heavy atom. The number of rotatable bonds is 4. The summed E-state index contributed by atoms with van der Waals surface area (Å²) < 4.78 is 11.7. The Bertz CT molecular complexity index is 786. The van der Waals surface area contributed by atoms with Gasteiger partial charge in [0.25, 0.3) is 0 Å². The number of aliphatic hydroxyl groups is 1. The van der Waals surface area contributed by atoms with Crippen molar-refractivity contribution in [3.63, 3.8) is 0 Å². The first-order valence-corrected chi connectivity index (χ1v) is 9.67. The summed E-state index contributed by atoms with van der Waals surface area (Å²) in [6.07, 6.45) is 3.80. The second kappa shape index (κ2) is 7.51. The Morgan fingerprint density at radius 3 is 2.85 bits per heavy atom. The number of ether oxygens (including phenoxy) is 2. The van der Waals surface area contributed by atoms with E-state index < -0.39 is 0 Å². The van der Waals surface area contributed by atoms with Gasteiger partial charge >= 0.3 is 0 Å². The van der Waals surface area contributed by atoms with Crippen molar-refractivity contribution in [3.8, 4) is 0 Å². The molecule has 0 spiro atoms. The van der Waals surface area contributed by atoms with Crippen molar-refractivity contribution in [2.75, 3.05) is 24.6 Å². The van der Waals surface area contributed by atoms with Crippen molar-refractivity contribution < 1.29 is 14.6 Å². The number of aromatic nitrogens is 1. The summed E-state index contributed by atoms with van der Waals surface area (Å²) in [4.78, 5) is 7.02. The molecular formula is C21H28N2O3. The number of aryl methyl sites for hydroxylation is 2. The molecule has 0 saturated carbocycles. The Hall–Kier alpha value is -1.69. The second-order valence-corrected chi connectivity index (χ2v) is 7.57. The molecule has 2 aliphatic rings. The minimum Gasteiger partial charge on any atom is -0.391 e. The van der Waals surface area contributed by atoms with E-state index in [9.17, 15) is 5.11 Å². The molecule has 2 aromatic rings. The fraction of sp³-hybridized carbons (Fsp3) is 0.571. The molecule has 2 atom stereocenters. The largest absolute Gasteiger partial charge is 0.391 e. The van der Waals surface area contributed by atoms with Crippen LogP contribution in [0, 0.1) is 13.8 Å². The molecule has 1 aromatic heterocycles. The Balaban J connectivity index is 1.61. The molecule has 2 fully saturated rings. The van der Waals surface area contributed by atoms with Crippen molar-refractivity contribution in [1.82, 2.24) is 4.98 Å². The van der Waals surface area contributed by atoms with Crippen molar-refractivity contribution in [2.24, 2.45) is 0 Å². The summed E-state index contributed by atoms with van der Waals surface area (Å²) in [5.74, 6) is 0. The SMILES string of the molecule is Cc1cc(N2CCC(O)C2)c2cc(C)c(CO[C@H]3CCCCO3)cc2n1. The summed E-state index contributed by atoms with van der Waals surface area (Å²) in [5.41, 5.74) is 5.54. The van der Waals surface area contributed by atoms with E-state index in [1.54, 1.807) is 0 Å². The van der Waals surface area contributed by atoms with Crippen LogP contribution < -0.4 is 4.90 Å². The maximum atomic E-state index is 9.91. The zero-order chi connectivity index (χ0) is 18.1. The molecule has 1 unspecified atom stereocenters. The molecule has 0 bridgehead atoms. The van der Waals surface area contributed by atoms with Gasteiger partial charge in [-0.05, 0) is 68.9 Å². The lowest BCUT2D eigenvalue weighted by Gasteiger charge is -2.24. The number of hydrogen-bond donors (Lipinski definition) is 1. The number of β-amino-alcohol motifs (C(OH)–C–C–N with tert-alkyl or cyclic N) is 1. The first-order valence-electron chi connectivity index (χ1n) is 9.67. The van der Waals surface area contributed by atoms with E-state index in [1.807, 2.05) is 6.92 Å². The highest BCUT2D eigenvalue weighted by Crippen LogP contribution is 2.32. The standard InChI is InChI=1S/C21H28N2O3/c1-14-9-18-19(11-16(14)13-26-21-5-3-4-8-25-21)22-15(2)10-20(18)23-7-6-17(24)12-23/h9-11,17,21,24H,3-8,12-13H2,1-2H3/t17?,21-/m0/s1. The van der Waals surface area contributed by atoms with Gasteiger partial charge in [0.1, 0.15) is 0 Å². The van der Waals surface area contributed by atoms with Crippen molar-refractivity contribution in [2.45, 2.75) is 58.5 Å². The first kappa shape index (κ1) is 17.7. The van der Waals surface area contributed by atoms with E-state index in [-0.39, 0.29) is 12.4 Å². The highest BCUT2D eigenvalue weighted by atomic mass is 16.7. The Morgan fingerprint density at radius 1 is 1.23 bits per heavy atom. The molecule has 0 amide bonds. The fourth-order valence-corrected chi connectivity index (χ4v) is 3.94. The smallest absolute Gasteiger partial charge is 0.158 e. The molecule has 2 aliphatic heterocycles. The summed E-state index contributed by atoms with van der Waals surface area (Å²) in [7, 11) is 0. The highest BCUT2D eigenvalue weighted by Gasteiger charge is 2.23. The lowest BCUT2D eigenvalue weighted by molar-refractivity contribution is -0.169. The second-order valence-electron chi connectivity index (χ2n) is 7.57. The average molecular weight is 356 g/mol. The van der Waals surface area contributed by atoms with Gasteiger partial charge in [-0.3, -0.25) is 4.98 Å². The highest BCUT2D eigenvalue weighted by molar-refractivity contribution is 5.93. The quantitative estimate of drug-likeness (QED) is 0.909. The summed E-state index contributed by atoms with van der Waals surface area (Å²) in [6, 6.07) is 6.49. The normalized spacial score (nSPS) is 23.7. The van der Waals surface area contributed by atoms with Crippen LogP contribution in [0.15, 0.2) is 18.2 Å². The predicted octanol–water partition coefficient (Wildman–Crippen LogP) is 3.47. The maximum absolute atomic E-state index is 9.91. The topological polar surface area (TPSA) is 54.8 Å². The number of hydrogen-bond acceptors (Lipinski definition) is 5. The maximum Gasteiger partial charge on any atom is 0.158 e. The van der Waals surface area contributed by atoms with E-state index in [0.29, 0.717) is 13.2 Å². The third-order valence-electron chi connectivity index (χ3n) is 5.44. The average Bonchev–Trinajstić information content (AvgIpc) is 3.07. The number of benzene rings is 1. The predicted molar refractivity (Wildman–Crippen MR) is 102 cm³/mol. The van der Waals surface area contributed by atoms with Gasteiger partial charge in [-0.25, -0.2) is 0 Å². The molecule has 140 valence electrons. The third kappa shape index (κ3) is 3.70. The minimum atomic E-state index is -0.234. The van der Waals surface area contributed by atoms with Crippen LogP contribution in [0.1, 0.15) is 42.5 Å². The van der Waals surface area contributed by atoms with Gasteiger partial charge in [-0.2, -0.15) is 0 Å². The molecular weight excluding hydrogens is 328 g/mol. The number of anilines is 1. The monoisotopic (exact) mass is 356 g/mol. The molecule has 0 radical (unpaired) electrons. The van der Waals surface area contributed by atoms with Gasteiger partial charge in [0.15, 0.2) is 6.29 Å². The number of pyridine rings is 1. The van der Waals surface area contributed by atoms with Crippen molar-refractivity contribution in [1.29, 1.82) is 0 Å². The van der Waals surface area contributed by atoms with Crippen LogP contribution in [0.5, 0.6) is 0 Å². The van der Waals surface area contributed by atoms with Crippen LogP contribution in [-0.2, 0) is 16.1 Å². The summed E-state index contributed by atoms with van der Waals surface area (Å²) in [5, 5.41) is 11.1. The van der Waals surface area contributed by atoms with Crippen LogP contribution >= 0.6 is 0 Å². The Labute approximate surface area is 154 Å². The molecule has 3 heterocycles. The van der Waals surface area contributed by atoms with E-state index in [2.05, 4.69) is 30.0 Å². The number of aliphatic hydroxyl groups excluding tert-OH is 1. The van der Waals surface area contributed by atoms with E-state index >= 15 is 0 Å². The third-order valence-corrected chi connectivity index (χ3v) is 5.44. The zero-order valence-corrected chi connectivity index (χ0v) is 15.7. The molecule has 4 rings (SSSR count). The summed E-state index contributed by atoms with van der Waals surface area (Å²) >= 11 is 0. The lowest BCUT2D eigenvalue weighted by atomic mass is 10.0. The zero-order valence-electron chi connectivity index (χ0n) is 15.7. The molecule has 5 heteroatoms. The molecule has 0 aliphatic carbocycles. The van der Waals surface area contributed by atoms with Crippen LogP contribution in [0.25, 0.3) is 10.9 Å². The molecule has 1 aromatic carbocycles. The fourth-order valence-electron chi connectivity index (χ4n) is 3.94. The van der Waals surface area contributed by atoms with Gasteiger partial charge in [0.2, 0.25) is 0 Å². The molecule has 26 heavy (non-hydrogen) atoms. The van der Waals surface area contributed by atoms with Crippen LogP contribution in [0.4, 0.5) is 5.69 Å². The summed E-state index contributed by atoms with van der Waals surface area (Å²) in [6.45, 7) is 7.10. The van der Waals surface area contributed by atoms with Gasteiger partial charge in [-0.15, -0.1) is 0 Å². The number of nitrogens with zero attached hydrogens (tertiary/aromatic N) is 2. The van der Waals surface area contributed by atoms with Gasteiger partial charge < -0.3 is 19.5 Å². The van der Waals surface area contributed by atoms with Crippen LogP contribution in [0.3, 0.4) is 0 Å². The van der Waals surface area contributed by atoms with Crippen molar-refractivity contribution in [3.05, 3.63) is 35.0 Å². The first-order chi connectivity index (χ1) is 12.6. The minimum absolute atomic E-state index is 0.0778. The van der Waals surface area contributed by atoms with Gasteiger partial charge in [0.05, 0.1) is 18.2 Å². The van der Waals surface area contributed by atoms with Crippen LogP contribution in [0.2, 0.25) is 0 Å². The van der Waals surface area contributed by atoms with Gasteiger partial charge in [0, 0.05) is 36.5 Å².